The number of hydrogen-bond donors (Lipinski definition) is 1. The van der Waals surface area contributed by atoms with E-state index in [2.05, 4.69) is 42.0 Å². The third kappa shape index (κ3) is 2.92. The van der Waals surface area contributed by atoms with Gasteiger partial charge in [0.2, 0.25) is 0 Å². The van der Waals surface area contributed by atoms with Gasteiger partial charge in [-0.05, 0) is 18.8 Å². The highest BCUT2D eigenvalue weighted by Crippen LogP contribution is 2.24. The SMILES string of the molecule is CNc1cc(N2CCCC(C)C2)nc(C(C)C)n1. The largest absolute Gasteiger partial charge is 0.373 e. The van der Waals surface area contributed by atoms with Crippen LogP contribution in [0.4, 0.5) is 11.6 Å². The summed E-state index contributed by atoms with van der Waals surface area (Å²) in [5, 5.41) is 3.14. The lowest BCUT2D eigenvalue weighted by Crippen LogP contribution is -2.35. The zero-order valence-corrected chi connectivity index (χ0v) is 11.9. The first kappa shape index (κ1) is 13.1. The molecule has 4 nitrogen and oxygen atoms in total. The van der Waals surface area contributed by atoms with Gasteiger partial charge in [-0.1, -0.05) is 20.8 Å². The van der Waals surface area contributed by atoms with Crippen molar-refractivity contribution in [2.75, 3.05) is 30.4 Å². The second kappa shape index (κ2) is 5.55. The van der Waals surface area contributed by atoms with E-state index in [0.29, 0.717) is 5.92 Å². The Morgan fingerprint density at radius 1 is 1.39 bits per heavy atom. The number of rotatable bonds is 3. The molecule has 1 unspecified atom stereocenters. The Labute approximate surface area is 110 Å². The summed E-state index contributed by atoms with van der Waals surface area (Å²) in [4.78, 5) is 11.6. The Bertz CT molecular complexity index is 403. The fourth-order valence-corrected chi connectivity index (χ4v) is 2.40. The average molecular weight is 248 g/mol. The number of nitrogens with zero attached hydrogens (tertiary/aromatic N) is 3. The van der Waals surface area contributed by atoms with Crippen LogP contribution in [0.2, 0.25) is 0 Å². The van der Waals surface area contributed by atoms with Crippen molar-refractivity contribution in [3.8, 4) is 0 Å². The van der Waals surface area contributed by atoms with E-state index in [0.717, 1.165) is 36.5 Å². The lowest BCUT2D eigenvalue weighted by atomic mass is 10.0. The molecule has 2 rings (SSSR count). The first-order valence-corrected chi connectivity index (χ1v) is 6.92. The molecule has 2 heterocycles. The van der Waals surface area contributed by atoms with Crippen LogP contribution in [-0.4, -0.2) is 30.1 Å². The van der Waals surface area contributed by atoms with Gasteiger partial charge in [0.05, 0.1) is 0 Å². The third-order valence-electron chi connectivity index (χ3n) is 3.48. The molecular formula is C14H24N4. The maximum Gasteiger partial charge on any atom is 0.135 e. The highest BCUT2D eigenvalue weighted by Gasteiger charge is 2.19. The van der Waals surface area contributed by atoms with Crippen LogP contribution in [-0.2, 0) is 0 Å². The molecule has 1 N–H and O–H groups in total. The van der Waals surface area contributed by atoms with E-state index >= 15 is 0 Å². The van der Waals surface area contributed by atoms with Crippen molar-refractivity contribution < 1.29 is 0 Å². The molecule has 18 heavy (non-hydrogen) atoms. The molecule has 100 valence electrons. The minimum absolute atomic E-state index is 0.360. The Morgan fingerprint density at radius 3 is 2.78 bits per heavy atom. The van der Waals surface area contributed by atoms with Crippen LogP contribution in [0.3, 0.4) is 0 Å². The van der Waals surface area contributed by atoms with E-state index in [1.807, 2.05) is 7.05 Å². The van der Waals surface area contributed by atoms with Crippen LogP contribution in [0.1, 0.15) is 45.4 Å². The summed E-state index contributed by atoms with van der Waals surface area (Å²) in [6, 6.07) is 2.06. The van der Waals surface area contributed by atoms with Crippen molar-refractivity contribution in [3.63, 3.8) is 0 Å². The lowest BCUT2D eigenvalue weighted by Gasteiger charge is -2.32. The van der Waals surface area contributed by atoms with Crippen LogP contribution < -0.4 is 10.2 Å². The molecule has 1 saturated heterocycles. The summed E-state index contributed by atoms with van der Waals surface area (Å²) < 4.78 is 0. The monoisotopic (exact) mass is 248 g/mol. The molecular weight excluding hydrogens is 224 g/mol. The van der Waals surface area contributed by atoms with Crippen molar-refractivity contribution in [3.05, 3.63) is 11.9 Å². The number of anilines is 2. The molecule has 0 aromatic carbocycles. The normalized spacial score (nSPS) is 20.3. The molecule has 0 bridgehead atoms. The molecule has 1 aliphatic rings. The number of nitrogens with one attached hydrogen (secondary N) is 1. The Morgan fingerprint density at radius 2 is 2.17 bits per heavy atom. The fourth-order valence-electron chi connectivity index (χ4n) is 2.40. The Kier molecular flexibility index (Phi) is 4.04. The minimum Gasteiger partial charge on any atom is -0.373 e. The van der Waals surface area contributed by atoms with E-state index in [4.69, 9.17) is 4.98 Å². The molecule has 1 aliphatic heterocycles. The average Bonchev–Trinajstić information content (AvgIpc) is 2.38. The summed E-state index contributed by atoms with van der Waals surface area (Å²) in [7, 11) is 1.91. The van der Waals surface area contributed by atoms with Gasteiger partial charge in [-0.25, -0.2) is 9.97 Å². The summed E-state index contributed by atoms with van der Waals surface area (Å²) in [5.41, 5.74) is 0. The van der Waals surface area contributed by atoms with Crippen molar-refractivity contribution >= 4 is 11.6 Å². The van der Waals surface area contributed by atoms with E-state index in [9.17, 15) is 0 Å². The lowest BCUT2D eigenvalue weighted by molar-refractivity contribution is 0.444. The van der Waals surface area contributed by atoms with Crippen molar-refractivity contribution in [2.24, 2.45) is 5.92 Å². The number of hydrogen-bond acceptors (Lipinski definition) is 4. The highest BCUT2D eigenvalue weighted by molar-refractivity contribution is 5.49. The second-order valence-corrected chi connectivity index (χ2v) is 5.57. The summed E-state index contributed by atoms with van der Waals surface area (Å²) >= 11 is 0. The van der Waals surface area contributed by atoms with Gasteiger partial charge in [-0.3, -0.25) is 0 Å². The minimum atomic E-state index is 0.360. The van der Waals surface area contributed by atoms with E-state index < -0.39 is 0 Å². The summed E-state index contributed by atoms with van der Waals surface area (Å²) in [6.07, 6.45) is 2.59. The molecule has 0 spiro atoms. The standard InChI is InChI=1S/C14H24N4/c1-10(2)14-16-12(15-4)8-13(17-14)18-7-5-6-11(3)9-18/h8,10-11H,5-7,9H2,1-4H3,(H,15,16,17). The quantitative estimate of drug-likeness (QED) is 0.893. The predicted octanol–water partition coefficient (Wildman–Crippen LogP) is 2.88. The van der Waals surface area contributed by atoms with Crippen molar-refractivity contribution in [1.29, 1.82) is 0 Å². The van der Waals surface area contributed by atoms with Crippen LogP contribution >= 0.6 is 0 Å². The van der Waals surface area contributed by atoms with Crippen LogP contribution in [0.15, 0.2) is 6.07 Å². The molecule has 1 aromatic rings. The van der Waals surface area contributed by atoms with Crippen molar-refractivity contribution in [2.45, 2.75) is 39.5 Å². The van der Waals surface area contributed by atoms with Gasteiger partial charge < -0.3 is 10.2 Å². The predicted molar refractivity (Wildman–Crippen MR) is 76.3 cm³/mol. The van der Waals surface area contributed by atoms with Gasteiger partial charge in [0.25, 0.3) is 0 Å². The topological polar surface area (TPSA) is 41.0 Å². The number of aromatic nitrogens is 2. The first-order valence-electron chi connectivity index (χ1n) is 6.92. The molecule has 0 amide bonds. The molecule has 1 atom stereocenters. The summed E-state index contributed by atoms with van der Waals surface area (Å²) in [6.45, 7) is 8.81. The van der Waals surface area contributed by atoms with Gasteiger partial charge >= 0.3 is 0 Å². The third-order valence-corrected chi connectivity index (χ3v) is 3.48. The highest BCUT2D eigenvalue weighted by atomic mass is 15.2. The van der Waals surface area contributed by atoms with Gasteiger partial charge in [-0.2, -0.15) is 0 Å². The smallest absolute Gasteiger partial charge is 0.135 e. The van der Waals surface area contributed by atoms with Crippen LogP contribution in [0.25, 0.3) is 0 Å². The maximum absolute atomic E-state index is 4.71. The first-order chi connectivity index (χ1) is 8.60. The molecule has 4 heteroatoms. The Balaban J connectivity index is 2.28. The maximum atomic E-state index is 4.71. The van der Waals surface area contributed by atoms with Gasteiger partial charge in [0.15, 0.2) is 0 Å². The molecule has 1 fully saturated rings. The Hall–Kier alpha value is -1.32. The second-order valence-electron chi connectivity index (χ2n) is 5.57. The van der Waals surface area contributed by atoms with E-state index in [1.165, 1.54) is 12.8 Å². The summed E-state index contributed by atoms with van der Waals surface area (Å²) in [5.74, 6) is 4.04. The van der Waals surface area contributed by atoms with Gasteiger partial charge in [-0.15, -0.1) is 0 Å². The molecule has 0 saturated carbocycles. The van der Waals surface area contributed by atoms with E-state index in [-0.39, 0.29) is 0 Å². The van der Waals surface area contributed by atoms with Crippen LogP contribution in [0.5, 0.6) is 0 Å². The van der Waals surface area contributed by atoms with Crippen molar-refractivity contribution in [1.82, 2.24) is 9.97 Å². The molecule has 0 radical (unpaired) electrons. The van der Waals surface area contributed by atoms with Gasteiger partial charge in [0.1, 0.15) is 17.5 Å². The van der Waals surface area contributed by atoms with E-state index in [1.54, 1.807) is 0 Å². The number of piperidine rings is 1. The fraction of sp³-hybridized carbons (Fsp3) is 0.714. The van der Waals surface area contributed by atoms with Gasteiger partial charge in [0, 0.05) is 32.1 Å². The zero-order valence-electron chi connectivity index (χ0n) is 11.9. The molecule has 1 aromatic heterocycles. The zero-order chi connectivity index (χ0) is 13.1. The van der Waals surface area contributed by atoms with Crippen LogP contribution in [0, 0.1) is 5.92 Å². The molecule has 0 aliphatic carbocycles.